The summed E-state index contributed by atoms with van der Waals surface area (Å²) in [5, 5.41) is 1.97. The quantitative estimate of drug-likeness (QED) is 0.345. The van der Waals surface area contributed by atoms with Crippen molar-refractivity contribution >= 4 is 22.8 Å². The number of Topliss-reactive ketones (excluding diaryl/α,β-unsaturated/α-hetero) is 1. The molecule has 0 bridgehead atoms. The van der Waals surface area contributed by atoms with Gasteiger partial charge in [0.1, 0.15) is 18.1 Å². The van der Waals surface area contributed by atoms with Crippen molar-refractivity contribution in [2.75, 3.05) is 6.61 Å². The second-order valence-electron chi connectivity index (χ2n) is 8.46. The van der Waals surface area contributed by atoms with E-state index in [9.17, 15) is 18.0 Å². The molecule has 4 nitrogen and oxygen atoms in total. The van der Waals surface area contributed by atoms with E-state index >= 15 is 0 Å². The molecule has 176 valence electrons. The van der Waals surface area contributed by atoms with Crippen LogP contribution in [0.1, 0.15) is 42.2 Å². The van der Waals surface area contributed by atoms with E-state index in [-0.39, 0.29) is 30.1 Å². The summed E-state index contributed by atoms with van der Waals surface area (Å²) in [4.78, 5) is 17.6. The van der Waals surface area contributed by atoms with Gasteiger partial charge in [0.2, 0.25) is 0 Å². The van der Waals surface area contributed by atoms with Gasteiger partial charge in [0.25, 0.3) is 0 Å². The lowest BCUT2D eigenvalue weighted by atomic mass is 9.99. The molecule has 8 heteroatoms. The molecule has 1 aliphatic carbocycles. The highest BCUT2D eigenvalue weighted by molar-refractivity contribution is 7.10. The molecule has 0 N–H and O–H groups in total. The Morgan fingerprint density at radius 2 is 1.79 bits per heavy atom. The molecular formula is C26H22F3NO3S. The minimum absolute atomic E-state index is 0.0345. The molecule has 0 spiro atoms. The molecule has 1 saturated carbocycles. The average Bonchev–Trinajstić information content (AvgIpc) is 3.30. The molecule has 34 heavy (non-hydrogen) atoms. The standard InChI is InChI=1S/C26H22F3NO3S/c27-26(28,29)33-24-14-18(16-5-8-19(9-6-16)32-15-23(31)17-3-4-17)7-10-20(24)21-11-12-22(30-21)25-2-1-13-34-25/h1-2,5-10,13-14,17,22H,3-4,11-12,15H2. The van der Waals surface area contributed by atoms with Gasteiger partial charge in [0, 0.05) is 22.1 Å². The highest BCUT2D eigenvalue weighted by atomic mass is 32.1. The number of carbonyl (C=O) groups is 1. The number of carbonyl (C=O) groups excluding carboxylic acids is 1. The summed E-state index contributed by atoms with van der Waals surface area (Å²) in [6, 6.07) is 15.6. The Hall–Kier alpha value is -3.13. The summed E-state index contributed by atoms with van der Waals surface area (Å²) in [6.07, 6.45) is -1.61. The van der Waals surface area contributed by atoms with Gasteiger partial charge in [0.15, 0.2) is 5.78 Å². The largest absolute Gasteiger partial charge is 0.573 e. The van der Waals surface area contributed by atoms with Crippen molar-refractivity contribution in [2.45, 2.75) is 38.1 Å². The third-order valence-electron chi connectivity index (χ3n) is 5.96. The average molecular weight is 486 g/mol. The Labute approximate surface area is 199 Å². The normalized spacial score (nSPS) is 18.0. The van der Waals surface area contributed by atoms with E-state index in [1.807, 2.05) is 17.5 Å². The minimum Gasteiger partial charge on any atom is -0.486 e. The Bertz CT molecular complexity index is 1200. The molecule has 1 aliphatic heterocycles. The van der Waals surface area contributed by atoms with E-state index in [0.29, 0.717) is 34.6 Å². The maximum atomic E-state index is 13.2. The van der Waals surface area contributed by atoms with Gasteiger partial charge in [-0.2, -0.15) is 0 Å². The second-order valence-corrected chi connectivity index (χ2v) is 9.44. The Morgan fingerprint density at radius 1 is 1.03 bits per heavy atom. The summed E-state index contributed by atoms with van der Waals surface area (Å²) in [5.41, 5.74) is 2.27. The topological polar surface area (TPSA) is 47.9 Å². The molecule has 1 atom stereocenters. The third kappa shape index (κ3) is 5.33. The Kier molecular flexibility index (Phi) is 6.16. The molecule has 2 aliphatic rings. The van der Waals surface area contributed by atoms with Gasteiger partial charge in [-0.3, -0.25) is 9.79 Å². The molecule has 0 amide bonds. The fraction of sp³-hybridized carbons (Fsp3) is 0.308. The van der Waals surface area contributed by atoms with Crippen LogP contribution in [0.25, 0.3) is 11.1 Å². The number of benzene rings is 2. The van der Waals surface area contributed by atoms with Crippen molar-refractivity contribution in [1.82, 2.24) is 0 Å². The van der Waals surface area contributed by atoms with E-state index in [1.54, 1.807) is 47.7 Å². The predicted molar refractivity (Wildman–Crippen MR) is 125 cm³/mol. The van der Waals surface area contributed by atoms with Gasteiger partial charge < -0.3 is 9.47 Å². The van der Waals surface area contributed by atoms with Crippen molar-refractivity contribution in [3.8, 4) is 22.6 Å². The Morgan fingerprint density at radius 3 is 2.47 bits per heavy atom. The smallest absolute Gasteiger partial charge is 0.486 e. The molecule has 5 rings (SSSR count). The SMILES string of the molecule is O=C(COc1ccc(-c2ccc(C3=NC(c4cccs4)CC3)c(OC(F)(F)F)c2)cc1)C1CC1. The number of hydrogen-bond acceptors (Lipinski definition) is 5. The van der Waals surface area contributed by atoms with Crippen LogP contribution in [0.5, 0.6) is 11.5 Å². The molecule has 0 saturated heterocycles. The number of hydrogen-bond donors (Lipinski definition) is 0. The van der Waals surface area contributed by atoms with Crippen LogP contribution < -0.4 is 9.47 Å². The van der Waals surface area contributed by atoms with Gasteiger partial charge in [-0.1, -0.05) is 24.3 Å². The second kappa shape index (κ2) is 9.25. The number of thiophene rings is 1. The van der Waals surface area contributed by atoms with Crippen LogP contribution in [0.2, 0.25) is 0 Å². The van der Waals surface area contributed by atoms with Gasteiger partial charge in [-0.15, -0.1) is 24.5 Å². The van der Waals surface area contributed by atoms with Gasteiger partial charge in [-0.05, 0) is 72.5 Å². The predicted octanol–water partition coefficient (Wildman–Crippen LogP) is 7.00. The van der Waals surface area contributed by atoms with Crippen LogP contribution in [-0.2, 0) is 4.79 Å². The van der Waals surface area contributed by atoms with Gasteiger partial charge in [-0.25, -0.2) is 0 Å². The minimum atomic E-state index is -4.81. The molecule has 0 radical (unpaired) electrons. The maximum Gasteiger partial charge on any atom is 0.573 e. The fourth-order valence-corrected chi connectivity index (χ4v) is 4.85. The highest BCUT2D eigenvalue weighted by Gasteiger charge is 2.34. The lowest BCUT2D eigenvalue weighted by Crippen LogP contribution is -2.19. The van der Waals surface area contributed by atoms with Crippen LogP contribution in [0.15, 0.2) is 65.0 Å². The zero-order valence-corrected chi connectivity index (χ0v) is 19.0. The first-order chi connectivity index (χ1) is 16.4. The van der Waals surface area contributed by atoms with E-state index in [2.05, 4.69) is 4.74 Å². The number of ketones is 1. The number of rotatable bonds is 8. The zero-order chi connectivity index (χ0) is 23.7. The zero-order valence-electron chi connectivity index (χ0n) is 18.2. The van der Waals surface area contributed by atoms with E-state index < -0.39 is 6.36 Å². The van der Waals surface area contributed by atoms with Gasteiger partial charge in [0.05, 0.1) is 6.04 Å². The van der Waals surface area contributed by atoms with Crippen molar-refractivity contribution in [3.63, 3.8) is 0 Å². The third-order valence-corrected chi connectivity index (χ3v) is 6.93. The lowest BCUT2D eigenvalue weighted by molar-refractivity contribution is -0.274. The van der Waals surface area contributed by atoms with Crippen LogP contribution in [-0.4, -0.2) is 24.5 Å². The van der Waals surface area contributed by atoms with E-state index in [4.69, 9.17) is 9.73 Å². The lowest BCUT2D eigenvalue weighted by Gasteiger charge is -2.15. The first kappa shape index (κ1) is 22.7. The van der Waals surface area contributed by atoms with Gasteiger partial charge >= 0.3 is 6.36 Å². The fourth-order valence-electron chi connectivity index (χ4n) is 4.05. The van der Waals surface area contributed by atoms with Crippen LogP contribution >= 0.6 is 11.3 Å². The summed E-state index contributed by atoms with van der Waals surface area (Å²) in [7, 11) is 0. The summed E-state index contributed by atoms with van der Waals surface area (Å²) >= 11 is 1.59. The number of alkyl halides is 3. The van der Waals surface area contributed by atoms with E-state index in [0.717, 1.165) is 24.1 Å². The number of halogens is 3. The van der Waals surface area contributed by atoms with Crippen LogP contribution in [0.3, 0.4) is 0 Å². The Balaban J connectivity index is 1.38. The number of ether oxygens (including phenoxy) is 2. The first-order valence-electron chi connectivity index (χ1n) is 11.1. The maximum absolute atomic E-state index is 13.2. The van der Waals surface area contributed by atoms with Crippen molar-refractivity contribution in [1.29, 1.82) is 0 Å². The first-order valence-corrected chi connectivity index (χ1v) is 12.0. The molecule has 1 unspecified atom stereocenters. The molecule has 2 aromatic carbocycles. The molecule has 3 aromatic rings. The molecule has 1 aromatic heterocycles. The van der Waals surface area contributed by atoms with Crippen molar-refractivity contribution < 1.29 is 27.4 Å². The molecule has 2 heterocycles. The molecule has 1 fully saturated rings. The summed E-state index contributed by atoms with van der Waals surface area (Å²) < 4.78 is 49.6. The van der Waals surface area contributed by atoms with Crippen LogP contribution in [0, 0.1) is 5.92 Å². The van der Waals surface area contributed by atoms with Crippen molar-refractivity contribution in [3.05, 3.63) is 70.4 Å². The highest BCUT2D eigenvalue weighted by Crippen LogP contribution is 2.38. The summed E-state index contributed by atoms with van der Waals surface area (Å²) in [6.45, 7) is 0.0386. The van der Waals surface area contributed by atoms with Crippen molar-refractivity contribution in [2.24, 2.45) is 10.9 Å². The van der Waals surface area contributed by atoms with Crippen LogP contribution in [0.4, 0.5) is 13.2 Å². The molecular weight excluding hydrogens is 463 g/mol. The van der Waals surface area contributed by atoms with E-state index in [1.165, 1.54) is 6.07 Å². The monoisotopic (exact) mass is 485 g/mol. The summed E-state index contributed by atoms with van der Waals surface area (Å²) in [5.74, 6) is 0.520. The number of aliphatic imine (C=N–C) groups is 1. The number of nitrogens with zero attached hydrogens (tertiary/aromatic N) is 1.